The molecule has 1 amide bonds. The van der Waals surface area contributed by atoms with Crippen molar-refractivity contribution in [3.8, 4) is 17.0 Å². The number of primary amides is 1. The Morgan fingerprint density at radius 3 is 2.62 bits per heavy atom. The van der Waals surface area contributed by atoms with E-state index in [9.17, 15) is 33.3 Å². The number of ether oxygens (including phenoxy) is 3. The Morgan fingerprint density at radius 2 is 1.98 bits per heavy atom. The van der Waals surface area contributed by atoms with Gasteiger partial charge in [0.15, 0.2) is 17.5 Å². The van der Waals surface area contributed by atoms with E-state index in [-0.39, 0.29) is 24.3 Å². The lowest BCUT2D eigenvalue weighted by molar-refractivity contribution is -0.354. The van der Waals surface area contributed by atoms with Crippen LogP contribution in [0.3, 0.4) is 0 Å². The lowest BCUT2D eigenvalue weighted by Crippen LogP contribution is -2.66. The highest BCUT2D eigenvalue weighted by Crippen LogP contribution is 2.51. The van der Waals surface area contributed by atoms with E-state index in [1.54, 1.807) is 24.3 Å². The summed E-state index contributed by atoms with van der Waals surface area (Å²) >= 11 is 0. The normalized spacial score (nSPS) is 29.0. The number of hydrogen-bond donors (Lipinski definition) is 4. The van der Waals surface area contributed by atoms with Gasteiger partial charge in [-0.2, -0.15) is 0 Å². The van der Waals surface area contributed by atoms with E-state index in [1.807, 2.05) is 0 Å². The smallest absolute Gasteiger partial charge is 0.225 e. The van der Waals surface area contributed by atoms with Crippen molar-refractivity contribution in [2.24, 2.45) is 11.7 Å². The minimum atomic E-state index is -1.93. The van der Waals surface area contributed by atoms with Crippen LogP contribution in [-0.2, 0) is 14.3 Å². The van der Waals surface area contributed by atoms with Crippen molar-refractivity contribution in [1.29, 1.82) is 0 Å². The molecule has 11 nitrogen and oxygen atoms in total. The van der Waals surface area contributed by atoms with Gasteiger partial charge in [-0.05, 0) is 36.2 Å². The van der Waals surface area contributed by atoms with Gasteiger partial charge in [-0.25, -0.2) is 17.9 Å². The van der Waals surface area contributed by atoms with E-state index in [2.05, 4.69) is 10.3 Å². The summed E-state index contributed by atoms with van der Waals surface area (Å²) in [5.74, 6) is -8.63. The number of benzene rings is 2. The van der Waals surface area contributed by atoms with Crippen LogP contribution >= 0.6 is 0 Å². The lowest BCUT2D eigenvalue weighted by atomic mass is 9.74. The molecular formula is C26H27F3N4O7. The number of nitrogens with two attached hydrogens (primary N) is 1. The van der Waals surface area contributed by atoms with E-state index in [0.717, 1.165) is 16.8 Å². The van der Waals surface area contributed by atoms with Crippen molar-refractivity contribution in [3.05, 3.63) is 65.6 Å². The topological polar surface area (TPSA) is 162 Å². The number of rotatable bonds is 7. The molecule has 0 saturated carbocycles. The van der Waals surface area contributed by atoms with Gasteiger partial charge >= 0.3 is 0 Å². The highest BCUT2D eigenvalue weighted by atomic mass is 19.2. The van der Waals surface area contributed by atoms with Gasteiger partial charge in [0.25, 0.3) is 0 Å². The highest BCUT2D eigenvalue weighted by molar-refractivity contribution is 5.82. The predicted octanol–water partition coefficient (Wildman–Crippen LogP) is 1.03. The maximum absolute atomic E-state index is 13.8. The summed E-state index contributed by atoms with van der Waals surface area (Å²) in [7, 11) is 1.46. The Bertz CT molecular complexity index is 1390. The molecule has 2 fully saturated rings. The van der Waals surface area contributed by atoms with Crippen molar-refractivity contribution in [2.45, 2.75) is 42.5 Å². The van der Waals surface area contributed by atoms with Crippen LogP contribution in [0.25, 0.3) is 11.3 Å². The van der Waals surface area contributed by atoms with Crippen LogP contribution < -0.4 is 10.5 Å². The fourth-order valence-electron chi connectivity index (χ4n) is 5.63. The Morgan fingerprint density at radius 1 is 1.25 bits per heavy atom. The number of aromatic nitrogens is 3. The molecule has 1 spiro atoms. The highest BCUT2D eigenvalue weighted by Gasteiger charge is 2.63. The maximum atomic E-state index is 13.8. The molecule has 0 bridgehead atoms. The fourth-order valence-corrected chi connectivity index (χ4v) is 5.63. The quantitative estimate of drug-likeness (QED) is 0.307. The van der Waals surface area contributed by atoms with Gasteiger partial charge in [0, 0.05) is 11.5 Å². The number of aliphatic hydroxyl groups is 3. The second kappa shape index (κ2) is 10.8. The number of aliphatic hydroxyl groups excluding tert-OH is 3. The van der Waals surface area contributed by atoms with Crippen molar-refractivity contribution in [1.82, 2.24) is 15.0 Å². The monoisotopic (exact) mass is 564 g/mol. The van der Waals surface area contributed by atoms with Gasteiger partial charge in [0.05, 0.1) is 32.4 Å². The standard InChI is InChI=1S/C26H27F3N4O7/c1-38-14-4-2-3-12(7-14)20(25(30)37)15-5-6-39-26(15)24(36)22(23(35)19(11-34)40-26)33-10-18(31-32-33)13-8-16(27)21(29)17(28)9-13/h2-4,7-10,15,19-20,22-24,34-36H,5-6,11H2,1H3,(H2,30,37)/t15-,19-,20?,22+,23+,24-,26+/m1/s1. The van der Waals surface area contributed by atoms with Crippen LogP contribution in [0.2, 0.25) is 0 Å². The first-order valence-corrected chi connectivity index (χ1v) is 12.4. The summed E-state index contributed by atoms with van der Waals surface area (Å²) in [5, 5.41) is 40.6. The molecule has 1 aromatic heterocycles. The Kier molecular flexibility index (Phi) is 7.54. The zero-order valence-electron chi connectivity index (χ0n) is 21.2. The molecule has 214 valence electrons. The summed E-state index contributed by atoms with van der Waals surface area (Å²) in [6.45, 7) is -0.647. The van der Waals surface area contributed by atoms with Crippen LogP contribution in [0.5, 0.6) is 5.75 Å². The first kappa shape index (κ1) is 28.0. The first-order chi connectivity index (χ1) is 19.1. The average molecular weight is 565 g/mol. The molecule has 3 aromatic rings. The number of halogens is 3. The average Bonchev–Trinajstić information content (AvgIpc) is 3.58. The Balaban J connectivity index is 1.55. The second-order valence-corrected chi connectivity index (χ2v) is 9.72. The third kappa shape index (κ3) is 4.61. The predicted molar refractivity (Wildman–Crippen MR) is 130 cm³/mol. The van der Waals surface area contributed by atoms with Crippen molar-refractivity contribution in [3.63, 3.8) is 0 Å². The summed E-state index contributed by atoms with van der Waals surface area (Å²) < 4.78 is 59.4. The van der Waals surface area contributed by atoms with Crippen LogP contribution in [0.15, 0.2) is 42.6 Å². The number of carbonyl (C=O) groups is 1. The molecule has 40 heavy (non-hydrogen) atoms. The van der Waals surface area contributed by atoms with Crippen LogP contribution in [0.1, 0.15) is 23.9 Å². The number of nitrogens with zero attached hydrogens (tertiary/aromatic N) is 3. The van der Waals surface area contributed by atoms with E-state index in [1.165, 1.54) is 13.3 Å². The molecule has 2 aliphatic heterocycles. The van der Waals surface area contributed by atoms with Crippen molar-refractivity contribution < 1.29 is 47.5 Å². The zero-order valence-corrected chi connectivity index (χ0v) is 21.2. The van der Waals surface area contributed by atoms with Gasteiger partial charge < -0.3 is 35.3 Å². The molecule has 5 rings (SSSR count). The molecule has 0 radical (unpaired) electrons. The van der Waals surface area contributed by atoms with Gasteiger partial charge in [-0.3, -0.25) is 4.79 Å². The molecule has 2 aromatic carbocycles. The number of hydrogen-bond acceptors (Lipinski definition) is 9. The second-order valence-electron chi connectivity index (χ2n) is 9.72. The number of carbonyl (C=O) groups excluding carboxylic acids is 1. The number of amides is 1. The summed E-state index contributed by atoms with van der Waals surface area (Å²) in [4.78, 5) is 12.8. The third-order valence-electron chi connectivity index (χ3n) is 7.51. The fraction of sp³-hybridized carbons (Fsp3) is 0.423. The van der Waals surface area contributed by atoms with Crippen LogP contribution in [0.4, 0.5) is 13.2 Å². The third-order valence-corrected chi connectivity index (χ3v) is 7.51. The number of methoxy groups -OCH3 is 1. The van der Waals surface area contributed by atoms with Gasteiger partial charge in [-0.15, -0.1) is 5.10 Å². The van der Waals surface area contributed by atoms with Crippen molar-refractivity contribution >= 4 is 5.91 Å². The molecule has 0 aliphatic carbocycles. The molecule has 1 unspecified atom stereocenters. The SMILES string of the molecule is COc1cccc(C(C(N)=O)[C@H]2CCO[C@]23O[C@H](CO)[C@H](O)[C@H](n2cc(-c4cc(F)c(F)c(F)c4)nn2)[C@H]3O)c1. The molecular weight excluding hydrogens is 537 g/mol. The summed E-state index contributed by atoms with van der Waals surface area (Å²) in [6, 6.07) is 6.74. The lowest BCUT2D eigenvalue weighted by Gasteiger charge is -2.50. The van der Waals surface area contributed by atoms with E-state index < -0.39 is 71.9 Å². The van der Waals surface area contributed by atoms with E-state index in [4.69, 9.17) is 19.9 Å². The Labute approximate surface area is 225 Å². The van der Waals surface area contributed by atoms with Gasteiger partial charge in [-0.1, -0.05) is 17.3 Å². The van der Waals surface area contributed by atoms with Crippen LogP contribution in [0, 0.1) is 23.4 Å². The Hall–Kier alpha value is -3.56. The molecule has 3 heterocycles. The maximum Gasteiger partial charge on any atom is 0.225 e. The minimum absolute atomic E-state index is 0.0488. The first-order valence-electron chi connectivity index (χ1n) is 12.4. The molecule has 14 heteroatoms. The van der Waals surface area contributed by atoms with E-state index in [0.29, 0.717) is 11.3 Å². The zero-order chi connectivity index (χ0) is 28.8. The minimum Gasteiger partial charge on any atom is -0.497 e. The van der Waals surface area contributed by atoms with E-state index >= 15 is 0 Å². The molecule has 7 atom stereocenters. The van der Waals surface area contributed by atoms with Crippen LogP contribution in [-0.4, -0.2) is 80.6 Å². The molecule has 5 N–H and O–H groups in total. The molecule has 2 saturated heterocycles. The summed E-state index contributed by atoms with van der Waals surface area (Å²) in [6.07, 6.45) is -3.15. The van der Waals surface area contributed by atoms with Gasteiger partial charge in [0.2, 0.25) is 11.7 Å². The van der Waals surface area contributed by atoms with Gasteiger partial charge in [0.1, 0.15) is 35.8 Å². The molecule has 2 aliphatic rings. The largest absolute Gasteiger partial charge is 0.497 e. The summed E-state index contributed by atoms with van der Waals surface area (Å²) in [5.41, 5.74) is 6.07. The van der Waals surface area contributed by atoms with Crippen molar-refractivity contribution in [2.75, 3.05) is 20.3 Å².